The molecule has 0 saturated carbocycles. The second kappa shape index (κ2) is 11.1. The first kappa shape index (κ1) is 26.5. The Kier molecular flexibility index (Phi) is 8.39. The third-order valence-electron chi connectivity index (χ3n) is 6.29. The van der Waals surface area contributed by atoms with Crippen LogP contribution < -0.4 is 4.74 Å². The molecule has 3 rings (SSSR count). The summed E-state index contributed by atoms with van der Waals surface area (Å²) in [6, 6.07) is 12.6. The van der Waals surface area contributed by atoms with Gasteiger partial charge in [-0.25, -0.2) is 0 Å². The highest BCUT2D eigenvalue weighted by molar-refractivity contribution is 6.46. The van der Waals surface area contributed by atoms with Gasteiger partial charge in [0.05, 0.1) is 18.2 Å². The van der Waals surface area contributed by atoms with Crippen LogP contribution in [-0.4, -0.2) is 48.6 Å². The predicted molar refractivity (Wildman–Crippen MR) is 138 cm³/mol. The molecule has 6 heteroatoms. The molecule has 1 saturated heterocycles. The van der Waals surface area contributed by atoms with Gasteiger partial charge in [0.1, 0.15) is 11.5 Å². The van der Waals surface area contributed by atoms with E-state index < -0.39 is 17.7 Å². The van der Waals surface area contributed by atoms with Crippen LogP contribution in [0.4, 0.5) is 0 Å². The predicted octanol–water partition coefficient (Wildman–Crippen LogP) is 5.54. The number of Topliss-reactive ketones (excluding diaryl/α,β-unsaturated/α-hetero) is 1. The van der Waals surface area contributed by atoms with Crippen LogP contribution in [0.25, 0.3) is 5.76 Å². The summed E-state index contributed by atoms with van der Waals surface area (Å²) in [5.41, 5.74) is 3.35. The van der Waals surface area contributed by atoms with Gasteiger partial charge < -0.3 is 19.5 Å². The number of hydrogen-bond acceptors (Lipinski definition) is 5. The van der Waals surface area contributed by atoms with E-state index in [9.17, 15) is 14.7 Å². The Labute approximate surface area is 208 Å². The number of aliphatic hydroxyl groups is 1. The highest BCUT2D eigenvalue weighted by Gasteiger charge is 2.45. The van der Waals surface area contributed by atoms with Crippen molar-refractivity contribution in [2.24, 2.45) is 0 Å². The van der Waals surface area contributed by atoms with Gasteiger partial charge >= 0.3 is 0 Å². The fourth-order valence-corrected chi connectivity index (χ4v) is 4.33. The van der Waals surface area contributed by atoms with E-state index in [-0.39, 0.29) is 16.7 Å². The fourth-order valence-electron chi connectivity index (χ4n) is 4.33. The number of likely N-dealkylation sites (tertiary alicyclic amines) is 1. The van der Waals surface area contributed by atoms with Crippen LogP contribution in [0.3, 0.4) is 0 Å². The Bertz CT molecular complexity index is 1100. The molecule has 1 heterocycles. The summed E-state index contributed by atoms with van der Waals surface area (Å²) in [6.07, 6.45) is 1.48. The van der Waals surface area contributed by atoms with Crippen LogP contribution >= 0.6 is 0 Å². The van der Waals surface area contributed by atoms with Crippen molar-refractivity contribution >= 4 is 17.4 Å². The molecule has 0 aromatic heterocycles. The van der Waals surface area contributed by atoms with Gasteiger partial charge in [-0.15, -0.1) is 0 Å². The number of rotatable bonds is 9. The summed E-state index contributed by atoms with van der Waals surface area (Å²) in [5, 5.41) is 11.3. The van der Waals surface area contributed by atoms with Gasteiger partial charge in [-0.2, -0.15) is 0 Å². The van der Waals surface area contributed by atoms with Crippen molar-refractivity contribution in [2.75, 3.05) is 26.9 Å². The highest BCUT2D eigenvalue weighted by atomic mass is 16.5. The van der Waals surface area contributed by atoms with Gasteiger partial charge in [0.2, 0.25) is 0 Å². The van der Waals surface area contributed by atoms with Gasteiger partial charge in [-0.1, -0.05) is 52.0 Å². The second-order valence-corrected chi connectivity index (χ2v) is 10.0. The summed E-state index contributed by atoms with van der Waals surface area (Å²) in [4.78, 5) is 27.8. The maximum atomic E-state index is 13.2. The lowest BCUT2D eigenvalue weighted by Crippen LogP contribution is -2.31. The SMILES string of the molecule is CCCOc1ccc(/C(O)=C2/C(=O)C(=O)N(CCCOC)C2c2ccc(C(C)(C)C)cc2)cc1C. The minimum absolute atomic E-state index is 0.0298. The van der Waals surface area contributed by atoms with Gasteiger partial charge in [0.15, 0.2) is 0 Å². The van der Waals surface area contributed by atoms with Crippen molar-refractivity contribution in [1.29, 1.82) is 0 Å². The molecule has 0 bridgehead atoms. The normalized spacial score (nSPS) is 17.8. The lowest BCUT2D eigenvalue weighted by Gasteiger charge is -2.26. The van der Waals surface area contributed by atoms with Crippen LogP contribution in [-0.2, 0) is 19.7 Å². The molecular weight excluding hydrogens is 442 g/mol. The highest BCUT2D eigenvalue weighted by Crippen LogP contribution is 2.40. The molecule has 6 nitrogen and oxygen atoms in total. The van der Waals surface area contributed by atoms with E-state index in [1.807, 2.05) is 38.1 Å². The number of benzene rings is 2. The van der Waals surface area contributed by atoms with E-state index in [2.05, 4.69) is 20.8 Å². The van der Waals surface area contributed by atoms with Crippen LogP contribution in [0, 0.1) is 6.92 Å². The number of hydrogen-bond donors (Lipinski definition) is 1. The summed E-state index contributed by atoms with van der Waals surface area (Å²) < 4.78 is 10.9. The number of carbonyl (C=O) groups excluding carboxylic acids is 2. The van der Waals surface area contributed by atoms with Gasteiger partial charge in [-0.05, 0) is 60.1 Å². The van der Waals surface area contributed by atoms with Crippen LogP contribution in [0.1, 0.15) is 68.8 Å². The first-order valence-electron chi connectivity index (χ1n) is 12.2. The standard InChI is InChI=1S/C29H37NO5/c1-7-16-35-23-14-11-21(18-19(23)2)26(31)24-25(20-9-12-22(13-10-20)29(3,4)5)30(15-8-17-34-6)28(33)27(24)32/h9-14,18,25,31H,7-8,15-17H2,1-6H3/b26-24-. The smallest absolute Gasteiger partial charge is 0.295 e. The number of ketones is 1. The first-order chi connectivity index (χ1) is 16.6. The number of amides is 1. The molecule has 188 valence electrons. The van der Waals surface area contributed by atoms with Crippen LogP contribution in [0.15, 0.2) is 48.0 Å². The molecule has 0 radical (unpaired) electrons. The molecule has 2 aromatic rings. The Morgan fingerprint density at radius 3 is 2.31 bits per heavy atom. The largest absolute Gasteiger partial charge is 0.507 e. The van der Waals surface area contributed by atoms with E-state index in [0.29, 0.717) is 31.7 Å². The lowest BCUT2D eigenvalue weighted by molar-refractivity contribution is -0.140. The minimum atomic E-state index is -0.672. The molecule has 1 N–H and O–H groups in total. The third kappa shape index (κ3) is 5.76. The molecule has 1 amide bonds. The first-order valence-corrected chi connectivity index (χ1v) is 12.2. The molecule has 2 aromatic carbocycles. The van der Waals surface area contributed by atoms with Gasteiger partial charge in [-0.3, -0.25) is 9.59 Å². The van der Waals surface area contributed by atoms with E-state index in [0.717, 1.165) is 28.9 Å². The molecule has 35 heavy (non-hydrogen) atoms. The number of methoxy groups -OCH3 is 1. The van der Waals surface area contributed by atoms with Crippen LogP contribution in [0.2, 0.25) is 0 Å². The lowest BCUT2D eigenvalue weighted by atomic mass is 9.85. The van der Waals surface area contributed by atoms with Crippen LogP contribution in [0.5, 0.6) is 5.75 Å². The summed E-state index contributed by atoms with van der Waals surface area (Å²) in [5.74, 6) is -0.716. The number of nitrogens with zero attached hydrogens (tertiary/aromatic N) is 1. The molecular formula is C29H37NO5. The Morgan fingerprint density at radius 2 is 1.74 bits per heavy atom. The molecule has 1 aliphatic rings. The second-order valence-electron chi connectivity index (χ2n) is 10.0. The molecule has 1 aliphatic heterocycles. The zero-order chi connectivity index (χ0) is 25.8. The number of carbonyl (C=O) groups is 2. The topological polar surface area (TPSA) is 76.1 Å². The number of ether oxygens (including phenoxy) is 2. The monoisotopic (exact) mass is 479 g/mol. The quantitative estimate of drug-likeness (QED) is 0.221. The molecule has 1 fully saturated rings. The average molecular weight is 480 g/mol. The van der Waals surface area contributed by atoms with Gasteiger partial charge in [0.25, 0.3) is 11.7 Å². The number of aliphatic hydroxyl groups excluding tert-OH is 1. The van der Waals surface area contributed by atoms with E-state index in [1.165, 1.54) is 0 Å². The molecule has 1 unspecified atom stereocenters. The summed E-state index contributed by atoms with van der Waals surface area (Å²) in [6.45, 7) is 11.8. The molecule has 0 aliphatic carbocycles. The van der Waals surface area contributed by atoms with Crippen molar-refractivity contribution in [3.05, 3.63) is 70.3 Å². The number of aryl methyl sites for hydroxylation is 1. The summed E-state index contributed by atoms with van der Waals surface area (Å²) >= 11 is 0. The van der Waals surface area contributed by atoms with Crippen molar-refractivity contribution < 1.29 is 24.2 Å². The van der Waals surface area contributed by atoms with Crippen molar-refractivity contribution in [3.63, 3.8) is 0 Å². The zero-order valence-corrected chi connectivity index (χ0v) is 21.7. The maximum absolute atomic E-state index is 13.2. The van der Waals surface area contributed by atoms with E-state index in [4.69, 9.17) is 9.47 Å². The van der Waals surface area contributed by atoms with E-state index in [1.54, 1.807) is 30.2 Å². The van der Waals surface area contributed by atoms with Gasteiger partial charge in [0, 0.05) is 25.8 Å². The zero-order valence-electron chi connectivity index (χ0n) is 21.7. The Balaban J connectivity index is 2.09. The third-order valence-corrected chi connectivity index (χ3v) is 6.29. The Morgan fingerprint density at radius 1 is 1.06 bits per heavy atom. The Hall–Kier alpha value is -3.12. The summed E-state index contributed by atoms with van der Waals surface area (Å²) in [7, 11) is 1.60. The average Bonchev–Trinajstić information content (AvgIpc) is 3.07. The minimum Gasteiger partial charge on any atom is -0.507 e. The van der Waals surface area contributed by atoms with Crippen molar-refractivity contribution in [3.8, 4) is 5.75 Å². The maximum Gasteiger partial charge on any atom is 0.295 e. The molecule has 0 spiro atoms. The van der Waals surface area contributed by atoms with Crippen molar-refractivity contribution in [1.82, 2.24) is 4.90 Å². The fraction of sp³-hybridized carbons (Fsp3) is 0.448. The van der Waals surface area contributed by atoms with E-state index >= 15 is 0 Å². The molecule has 1 atom stereocenters. The van der Waals surface area contributed by atoms with Crippen molar-refractivity contribution in [2.45, 2.75) is 58.9 Å².